The van der Waals surface area contributed by atoms with Gasteiger partial charge in [0.2, 0.25) is 7.59 Å². The minimum absolute atomic E-state index is 0.646. The standard InChI is InChI=1S/C19H20Cl6N4O/c1-11-3-7-13(8-4-11)26-15(18(20,21)22)28-17(30)29-16(19(23,24)25)27-14-9-5-12(2)6-10-14/h3-10,15-16,26-27H,1-2H3,(H2,28,29,30)/t15-,16-/m1/s1. The molecule has 2 rings (SSSR count). The first kappa shape index (κ1) is 25.3. The molecule has 2 aromatic rings. The molecule has 0 saturated carbocycles. The van der Waals surface area contributed by atoms with E-state index in [1.165, 1.54) is 0 Å². The Hall–Kier alpha value is -0.950. The molecule has 0 spiro atoms. The smallest absolute Gasteiger partial charge is 0.318 e. The fourth-order valence-corrected chi connectivity index (χ4v) is 2.99. The molecule has 0 bridgehead atoms. The van der Waals surface area contributed by atoms with Crippen LogP contribution < -0.4 is 21.3 Å². The first-order chi connectivity index (χ1) is 13.8. The molecule has 2 amide bonds. The van der Waals surface area contributed by atoms with E-state index in [0.29, 0.717) is 11.4 Å². The van der Waals surface area contributed by atoms with Crippen LogP contribution in [0.1, 0.15) is 11.1 Å². The molecule has 2 atom stereocenters. The maximum atomic E-state index is 12.6. The van der Waals surface area contributed by atoms with Gasteiger partial charge in [0.15, 0.2) is 0 Å². The van der Waals surface area contributed by atoms with Crippen LogP contribution in [0.5, 0.6) is 0 Å². The van der Waals surface area contributed by atoms with Crippen LogP contribution in [-0.4, -0.2) is 25.9 Å². The summed E-state index contributed by atoms with van der Waals surface area (Å²) in [6.45, 7) is 3.89. The molecule has 5 nitrogen and oxygen atoms in total. The number of alkyl halides is 6. The van der Waals surface area contributed by atoms with Crippen molar-refractivity contribution in [1.29, 1.82) is 0 Å². The summed E-state index contributed by atoms with van der Waals surface area (Å²) in [5.74, 6) is 0. The molecular weight excluding hydrogens is 513 g/mol. The molecule has 0 aliphatic rings. The average Bonchev–Trinajstić information content (AvgIpc) is 2.62. The van der Waals surface area contributed by atoms with Crippen molar-refractivity contribution in [2.45, 2.75) is 33.8 Å². The SMILES string of the molecule is Cc1ccc(N[C@H](NC(=O)N[C@@H](Nc2ccc(C)cc2)C(Cl)(Cl)Cl)C(Cl)(Cl)Cl)cc1. The van der Waals surface area contributed by atoms with Gasteiger partial charge in [-0.1, -0.05) is 105 Å². The number of benzene rings is 2. The normalized spacial score (nSPS) is 13.9. The molecular formula is C19H20Cl6N4O. The maximum absolute atomic E-state index is 12.6. The second-order valence-corrected chi connectivity index (χ2v) is 11.3. The average molecular weight is 533 g/mol. The number of nitrogens with one attached hydrogen (secondary N) is 4. The topological polar surface area (TPSA) is 65.2 Å². The summed E-state index contributed by atoms with van der Waals surface area (Å²) in [4.78, 5) is 12.6. The summed E-state index contributed by atoms with van der Waals surface area (Å²) in [6, 6.07) is 14.0. The van der Waals surface area contributed by atoms with Crippen molar-refractivity contribution in [2.75, 3.05) is 10.6 Å². The van der Waals surface area contributed by atoms with Crippen molar-refractivity contribution in [2.24, 2.45) is 0 Å². The Morgan fingerprint density at radius 3 is 1.23 bits per heavy atom. The number of aryl methyl sites for hydroxylation is 2. The molecule has 2 aromatic carbocycles. The molecule has 11 heteroatoms. The van der Waals surface area contributed by atoms with Crippen LogP contribution in [0.25, 0.3) is 0 Å². The van der Waals surface area contributed by atoms with Gasteiger partial charge in [-0.2, -0.15) is 0 Å². The Balaban J connectivity index is 2.10. The number of hydrogen-bond acceptors (Lipinski definition) is 3. The van der Waals surface area contributed by atoms with Gasteiger partial charge in [-0.15, -0.1) is 0 Å². The fourth-order valence-electron chi connectivity index (χ4n) is 2.34. The van der Waals surface area contributed by atoms with Gasteiger partial charge in [0.25, 0.3) is 0 Å². The minimum atomic E-state index is -1.86. The van der Waals surface area contributed by atoms with Crippen molar-refractivity contribution in [3.8, 4) is 0 Å². The van der Waals surface area contributed by atoms with Crippen LogP contribution in [0.15, 0.2) is 48.5 Å². The molecule has 0 aliphatic carbocycles. The minimum Gasteiger partial charge on any atom is -0.362 e. The molecule has 0 aliphatic heterocycles. The number of urea groups is 1. The predicted octanol–water partition coefficient (Wildman–Crippen LogP) is 6.52. The van der Waals surface area contributed by atoms with Gasteiger partial charge in [0.1, 0.15) is 12.3 Å². The summed E-state index contributed by atoms with van der Waals surface area (Å²) in [5, 5.41) is 11.0. The predicted molar refractivity (Wildman–Crippen MR) is 129 cm³/mol. The molecule has 0 unspecified atom stereocenters. The molecule has 4 N–H and O–H groups in total. The zero-order valence-corrected chi connectivity index (χ0v) is 20.5. The van der Waals surface area contributed by atoms with Crippen molar-refractivity contribution in [3.05, 3.63) is 59.7 Å². The Bertz CT molecular complexity index is 765. The van der Waals surface area contributed by atoms with Gasteiger partial charge in [-0.05, 0) is 38.1 Å². The van der Waals surface area contributed by atoms with E-state index in [1.54, 1.807) is 24.3 Å². The largest absolute Gasteiger partial charge is 0.362 e. The van der Waals surface area contributed by atoms with Crippen LogP contribution in [0.4, 0.5) is 16.2 Å². The summed E-state index contributed by atoms with van der Waals surface area (Å²) in [5.41, 5.74) is 3.41. The maximum Gasteiger partial charge on any atom is 0.318 e. The van der Waals surface area contributed by atoms with E-state index in [-0.39, 0.29) is 0 Å². The Morgan fingerprint density at radius 1 is 0.667 bits per heavy atom. The van der Waals surface area contributed by atoms with E-state index in [9.17, 15) is 4.79 Å². The second kappa shape index (κ2) is 10.6. The quantitative estimate of drug-likeness (QED) is 0.253. The third-order valence-corrected chi connectivity index (χ3v) is 5.24. The van der Waals surface area contributed by atoms with Crippen LogP contribution >= 0.6 is 69.6 Å². The Kier molecular flexibility index (Phi) is 8.92. The second-order valence-electron chi connectivity index (χ2n) is 6.59. The van der Waals surface area contributed by atoms with E-state index in [1.807, 2.05) is 38.1 Å². The molecule has 164 valence electrons. The van der Waals surface area contributed by atoms with Gasteiger partial charge in [-0.3, -0.25) is 0 Å². The number of amides is 2. The zero-order valence-electron chi connectivity index (χ0n) is 15.9. The summed E-state index contributed by atoms with van der Waals surface area (Å²) in [7, 11) is 0. The van der Waals surface area contributed by atoms with Crippen LogP contribution in [0.2, 0.25) is 0 Å². The summed E-state index contributed by atoms with van der Waals surface area (Å²) in [6.07, 6.45) is -2.14. The monoisotopic (exact) mass is 530 g/mol. The first-order valence-corrected chi connectivity index (χ1v) is 11.0. The van der Waals surface area contributed by atoms with E-state index in [2.05, 4.69) is 21.3 Å². The molecule has 0 saturated heterocycles. The number of carbonyl (C=O) groups excluding carboxylic acids is 1. The van der Waals surface area contributed by atoms with Crippen molar-refractivity contribution < 1.29 is 4.79 Å². The van der Waals surface area contributed by atoms with Gasteiger partial charge < -0.3 is 21.3 Å². The van der Waals surface area contributed by atoms with Crippen molar-refractivity contribution in [3.63, 3.8) is 0 Å². The van der Waals surface area contributed by atoms with Crippen molar-refractivity contribution >= 4 is 87.0 Å². The van der Waals surface area contributed by atoms with E-state index in [0.717, 1.165) is 11.1 Å². The summed E-state index contributed by atoms with van der Waals surface area (Å²) >= 11 is 36.2. The Morgan fingerprint density at radius 2 is 0.967 bits per heavy atom. The van der Waals surface area contributed by atoms with Gasteiger partial charge >= 0.3 is 6.03 Å². The highest BCUT2D eigenvalue weighted by molar-refractivity contribution is 6.68. The molecule has 30 heavy (non-hydrogen) atoms. The lowest BCUT2D eigenvalue weighted by atomic mass is 10.2. The third-order valence-electron chi connectivity index (χ3n) is 3.93. The number of carbonyl (C=O) groups is 1. The van der Waals surface area contributed by atoms with E-state index in [4.69, 9.17) is 69.6 Å². The number of rotatable bonds is 6. The van der Waals surface area contributed by atoms with Crippen LogP contribution in [0.3, 0.4) is 0 Å². The van der Waals surface area contributed by atoms with Crippen LogP contribution in [0, 0.1) is 13.8 Å². The number of halogens is 6. The molecule has 0 heterocycles. The van der Waals surface area contributed by atoms with Crippen LogP contribution in [-0.2, 0) is 0 Å². The molecule has 0 radical (unpaired) electrons. The third kappa shape index (κ3) is 8.29. The van der Waals surface area contributed by atoms with Gasteiger partial charge in [-0.25, -0.2) is 4.79 Å². The van der Waals surface area contributed by atoms with Gasteiger partial charge in [0.05, 0.1) is 0 Å². The first-order valence-electron chi connectivity index (χ1n) is 8.71. The molecule has 0 aromatic heterocycles. The summed E-state index contributed by atoms with van der Waals surface area (Å²) < 4.78 is -3.72. The number of anilines is 2. The van der Waals surface area contributed by atoms with E-state index < -0.39 is 25.9 Å². The lowest BCUT2D eigenvalue weighted by Crippen LogP contribution is -2.57. The zero-order chi connectivity index (χ0) is 22.5. The van der Waals surface area contributed by atoms with Crippen molar-refractivity contribution in [1.82, 2.24) is 10.6 Å². The highest BCUT2D eigenvalue weighted by atomic mass is 35.6. The molecule has 0 fully saturated rings. The highest BCUT2D eigenvalue weighted by Crippen LogP contribution is 2.32. The number of hydrogen-bond donors (Lipinski definition) is 4. The lowest BCUT2D eigenvalue weighted by molar-refractivity contribution is 0.235. The Labute approximate surface area is 205 Å². The highest BCUT2D eigenvalue weighted by Gasteiger charge is 2.37. The van der Waals surface area contributed by atoms with E-state index >= 15 is 0 Å². The lowest BCUT2D eigenvalue weighted by Gasteiger charge is -2.31. The fraction of sp³-hybridized carbons (Fsp3) is 0.316. The van der Waals surface area contributed by atoms with Gasteiger partial charge in [0, 0.05) is 11.4 Å².